The molecule has 1 aromatic carbocycles. The quantitative estimate of drug-likeness (QED) is 0.863. The van der Waals surface area contributed by atoms with Gasteiger partial charge in [-0.1, -0.05) is 32.0 Å². The van der Waals surface area contributed by atoms with Crippen LogP contribution >= 0.6 is 0 Å². The fourth-order valence-electron chi connectivity index (χ4n) is 3.02. The lowest BCUT2D eigenvalue weighted by Crippen LogP contribution is -2.46. The molecule has 1 aliphatic heterocycles. The minimum atomic E-state index is -4.24. The fraction of sp³-hybridized carbons (Fsp3) is 0.588. The topological polar surface area (TPSA) is 32.3 Å². The van der Waals surface area contributed by atoms with E-state index in [2.05, 4.69) is 5.32 Å². The third kappa shape index (κ3) is 4.18. The van der Waals surface area contributed by atoms with E-state index in [1.165, 1.54) is 4.90 Å². The molecule has 0 spiro atoms. The molecule has 6 heteroatoms. The molecule has 1 aliphatic rings. The second kappa shape index (κ2) is 7.23. The van der Waals surface area contributed by atoms with Gasteiger partial charge in [0.1, 0.15) is 0 Å². The summed E-state index contributed by atoms with van der Waals surface area (Å²) in [7, 11) is 0. The normalized spacial score (nSPS) is 18.8. The summed E-state index contributed by atoms with van der Waals surface area (Å²) in [6, 6.07) is 5.37. The Morgan fingerprint density at radius 2 is 1.87 bits per heavy atom. The molecule has 128 valence electrons. The van der Waals surface area contributed by atoms with Crippen LogP contribution in [0.2, 0.25) is 0 Å². The van der Waals surface area contributed by atoms with Crippen molar-refractivity contribution in [1.82, 2.24) is 4.90 Å². The van der Waals surface area contributed by atoms with Gasteiger partial charge in [0, 0.05) is 18.8 Å². The molecule has 1 unspecified atom stereocenters. The van der Waals surface area contributed by atoms with Crippen LogP contribution in [0.15, 0.2) is 18.2 Å². The van der Waals surface area contributed by atoms with Gasteiger partial charge in [-0.2, -0.15) is 13.2 Å². The van der Waals surface area contributed by atoms with Crippen molar-refractivity contribution in [3.8, 4) is 0 Å². The van der Waals surface area contributed by atoms with Gasteiger partial charge >= 0.3 is 12.2 Å². The standard InChI is InChI=1S/C17H23F3N2O/c1-3-12-7-5-8-13(4-2)15(12)21-16(23)22-10-6-9-14(11-22)17(18,19)20/h5,7-8,14H,3-4,6,9-11H2,1-2H3,(H,21,23). The summed E-state index contributed by atoms with van der Waals surface area (Å²) in [5.74, 6) is -1.42. The first kappa shape index (κ1) is 17.6. The molecule has 3 nitrogen and oxygen atoms in total. The van der Waals surface area contributed by atoms with Crippen molar-refractivity contribution in [2.75, 3.05) is 18.4 Å². The molecule has 1 saturated heterocycles. The number of likely N-dealkylation sites (tertiary alicyclic amines) is 1. The van der Waals surface area contributed by atoms with Gasteiger partial charge in [-0.3, -0.25) is 0 Å². The highest BCUT2D eigenvalue weighted by molar-refractivity contribution is 5.91. The highest BCUT2D eigenvalue weighted by Crippen LogP contribution is 2.33. The van der Waals surface area contributed by atoms with Crippen molar-refractivity contribution in [2.45, 2.75) is 45.7 Å². The van der Waals surface area contributed by atoms with Gasteiger partial charge in [-0.05, 0) is 36.8 Å². The zero-order valence-electron chi connectivity index (χ0n) is 13.5. The monoisotopic (exact) mass is 328 g/mol. The number of rotatable bonds is 3. The Morgan fingerprint density at radius 1 is 1.26 bits per heavy atom. The van der Waals surface area contributed by atoms with Crippen molar-refractivity contribution in [2.24, 2.45) is 5.92 Å². The van der Waals surface area contributed by atoms with Crippen LogP contribution in [0.3, 0.4) is 0 Å². The maximum atomic E-state index is 12.9. The highest BCUT2D eigenvalue weighted by atomic mass is 19.4. The van der Waals surface area contributed by atoms with Crippen LogP contribution in [0.4, 0.5) is 23.7 Å². The summed E-state index contributed by atoms with van der Waals surface area (Å²) >= 11 is 0. The SMILES string of the molecule is CCc1cccc(CC)c1NC(=O)N1CCCC(C(F)(F)F)C1. The molecule has 23 heavy (non-hydrogen) atoms. The van der Waals surface area contributed by atoms with Crippen molar-refractivity contribution < 1.29 is 18.0 Å². The summed E-state index contributed by atoms with van der Waals surface area (Å²) < 4.78 is 38.7. The predicted molar refractivity (Wildman–Crippen MR) is 84.6 cm³/mol. The van der Waals surface area contributed by atoms with E-state index in [4.69, 9.17) is 0 Å². The van der Waals surface area contributed by atoms with Crippen molar-refractivity contribution in [3.05, 3.63) is 29.3 Å². The summed E-state index contributed by atoms with van der Waals surface area (Å²) in [6.45, 7) is 4.09. The molecular weight excluding hydrogens is 305 g/mol. The van der Waals surface area contributed by atoms with E-state index in [1.807, 2.05) is 32.0 Å². The van der Waals surface area contributed by atoms with Gasteiger partial charge in [0.05, 0.1) is 5.92 Å². The average Bonchev–Trinajstić information content (AvgIpc) is 2.54. The first-order valence-electron chi connectivity index (χ1n) is 8.10. The second-order valence-corrected chi connectivity index (χ2v) is 5.92. The number of carbonyl (C=O) groups is 1. The third-order valence-corrected chi connectivity index (χ3v) is 4.40. The molecule has 1 heterocycles. The fourth-order valence-corrected chi connectivity index (χ4v) is 3.02. The van der Waals surface area contributed by atoms with E-state index in [0.29, 0.717) is 13.0 Å². The van der Waals surface area contributed by atoms with E-state index in [1.54, 1.807) is 0 Å². The van der Waals surface area contributed by atoms with Crippen LogP contribution in [0.1, 0.15) is 37.8 Å². The molecule has 0 saturated carbocycles. The molecule has 1 fully saturated rings. The average molecular weight is 328 g/mol. The Bertz CT molecular complexity index is 535. The minimum absolute atomic E-state index is 0.0963. The Balaban J connectivity index is 2.13. The number of nitrogens with one attached hydrogen (secondary N) is 1. The number of nitrogens with zero attached hydrogens (tertiary/aromatic N) is 1. The number of anilines is 1. The number of amides is 2. The molecule has 2 amide bonds. The summed E-state index contributed by atoms with van der Waals surface area (Å²) in [4.78, 5) is 13.7. The van der Waals surface area contributed by atoms with Crippen molar-refractivity contribution >= 4 is 11.7 Å². The molecule has 0 aliphatic carbocycles. The second-order valence-electron chi connectivity index (χ2n) is 5.92. The molecular formula is C17H23F3N2O. The highest BCUT2D eigenvalue weighted by Gasteiger charge is 2.42. The van der Waals surface area contributed by atoms with Gasteiger partial charge in [-0.15, -0.1) is 0 Å². The predicted octanol–water partition coefficient (Wildman–Crippen LogP) is 4.62. The maximum Gasteiger partial charge on any atom is 0.393 e. The molecule has 1 aromatic rings. The van der Waals surface area contributed by atoms with Crippen LogP contribution in [0, 0.1) is 5.92 Å². The largest absolute Gasteiger partial charge is 0.393 e. The van der Waals surface area contributed by atoms with Gasteiger partial charge in [0.2, 0.25) is 0 Å². The number of aryl methyl sites for hydroxylation is 2. The van der Waals surface area contributed by atoms with Gasteiger partial charge in [0.25, 0.3) is 0 Å². The lowest BCUT2D eigenvalue weighted by atomic mass is 9.98. The van der Waals surface area contributed by atoms with E-state index in [0.717, 1.165) is 29.7 Å². The van der Waals surface area contributed by atoms with E-state index < -0.39 is 18.1 Å². The Kier molecular flexibility index (Phi) is 5.55. The van der Waals surface area contributed by atoms with Crippen LogP contribution in [-0.4, -0.2) is 30.2 Å². The van der Waals surface area contributed by atoms with Crippen LogP contribution in [0.5, 0.6) is 0 Å². The number of benzene rings is 1. The Labute approximate surface area is 134 Å². The van der Waals surface area contributed by atoms with Crippen LogP contribution in [-0.2, 0) is 12.8 Å². The molecule has 0 aromatic heterocycles. The lowest BCUT2D eigenvalue weighted by Gasteiger charge is -2.34. The number of alkyl halides is 3. The molecule has 0 bridgehead atoms. The number of para-hydroxylation sites is 1. The first-order chi connectivity index (χ1) is 10.9. The zero-order valence-corrected chi connectivity index (χ0v) is 13.5. The van der Waals surface area contributed by atoms with Gasteiger partial charge in [0.15, 0.2) is 0 Å². The van der Waals surface area contributed by atoms with Crippen LogP contribution in [0.25, 0.3) is 0 Å². The molecule has 0 radical (unpaired) electrons. The summed E-state index contributed by atoms with van der Waals surface area (Å²) in [5.41, 5.74) is 2.75. The van der Waals surface area contributed by atoms with Crippen molar-refractivity contribution in [1.29, 1.82) is 0 Å². The summed E-state index contributed by atoms with van der Waals surface area (Å²) in [5, 5.41) is 2.84. The summed E-state index contributed by atoms with van der Waals surface area (Å²) in [6.07, 6.45) is -2.25. The van der Waals surface area contributed by atoms with E-state index >= 15 is 0 Å². The number of hydrogen-bond donors (Lipinski definition) is 1. The maximum absolute atomic E-state index is 12.9. The molecule has 1 atom stereocenters. The lowest BCUT2D eigenvalue weighted by molar-refractivity contribution is -0.183. The Morgan fingerprint density at radius 3 is 2.39 bits per heavy atom. The van der Waals surface area contributed by atoms with E-state index in [9.17, 15) is 18.0 Å². The van der Waals surface area contributed by atoms with Crippen molar-refractivity contribution in [3.63, 3.8) is 0 Å². The number of carbonyl (C=O) groups excluding carboxylic acids is 1. The zero-order chi connectivity index (χ0) is 17.0. The van der Waals surface area contributed by atoms with E-state index in [-0.39, 0.29) is 13.0 Å². The first-order valence-corrected chi connectivity index (χ1v) is 8.10. The van der Waals surface area contributed by atoms with Gasteiger partial charge < -0.3 is 10.2 Å². The smallest absolute Gasteiger partial charge is 0.324 e. The molecule has 1 N–H and O–H groups in total. The van der Waals surface area contributed by atoms with Crippen LogP contribution < -0.4 is 5.32 Å². The van der Waals surface area contributed by atoms with Gasteiger partial charge in [-0.25, -0.2) is 4.79 Å². The third-order valence-electron chi connectivity index (χ3n) is 4.40. The minimum Gasteiger partial charge on any atom is -0.324 e. The number of halogens is 3. The molecule has 2 rings (SSSR count). The number of hydrogen-bond acceptors (Lipinski definition) is 1. The number of urea groups is 1. The Hall–Kier alpha value is -1.72. The number of piperidine rings is 1.